The molecule has 2 rings (SSSR count). The Morgan fingerprint density at radius 2 is 1.88 bits per heavy atom. The first-order valence-electron chi connectivity index (χ1n) is 9.28. The number of hydrogen-bond donors (Lipinski definition) is 1. The highest BCUT2D eigenvalue weighted by Crippen LogP contribution is 2.22. The van der Waals surface area contributed by atoms with Crippen LogP contribution in [0.5, 0.6) is 0 Å². The smallest absolute Gasteiger partial charge is 0.217 e. The highest BCUT2D eigenvalue weighted by atomic mass is 16.1. The third kappa shape index (κ3) is 5.30. The Labute approximate surface area is 146 Å². The largest absolute Gasteiger partial charge is 0.346 e. The minimum absolute atomic E-state index is 0.00909. The van der Waals surface area contributed by atoms with Crippen LogP contribution < -0.4 is 5.32 Å². The number of amides is 1. The summed E-state index contributed by atoms with van der Waals surface area (Å²) in [6.45, 7) is 14.6. The van der Waals surface area contributed by atoms with Crippen LogP contribution >= 0.6 is 0 Å². The van der Waals surface area contributed by atoms with Gasteiger partial charge in [0.1, 0.15) is 5.82 Å². The predicted molar refractivity (Wildman–Crippen MR) is 95.6 cm³/mol. The van der Waals surface area contributed by atoms with Gasteiger partial charge in [0.25, 0.3) is 0 Å². The van der Waals surface area contributed by atoms with Crippen LogP contribution in [0.4, 0.5) is 0 Å². The molecule has 0 radical (unpaired) electrons. The van der Waals surface area contributed by atoms with Crippen molar-refractivity contribution in [2.75, 3.05) is 19.6 Å². The lowest BCUT2D eigenvalue weighted by atomic mass is 10.0. The molecule has 6 nitrogen and oxygen atoms in total. The maximum atomic E-state index is 11.6. The maximum absolute atomic E-state index is 11.6. The maximum Gasteiger partial charge on any atom is 0.217 e. The highest BCUT2D eigenvalue weighted by Gasteiger charge is 2.25. The number of carbonyl (C=O) groups is 1. The molecule has 0 saturated heterocycles. The van der Waals surface area contributed by atoms with Crippen LogP contribution in [0.25, 0.3) is 0 Å². The molecule has 1 aliphatic rings. The summed E-state index contributed by atoms with van der Waals surface area (Å²) in [6, 6.07) is -0.0500. The molecule has 0 spiro atoms. The SMILES string of the molecule is CC(=O)NC(CC(C)C)c1nnc2n1CCN(CCC(C)C)CC2. The van der Waals surface area contributed by atoms with E-state index in [1.165, 1.54) is 6.42 Å². The van der Waals surface area contributed by atoms with Crippen molar-refractivity contribution < 1.29 is 4.79 Å². The van der Waals surface area contributed by atoms with Gasteiger partial charge in [0.2, 0.25) is 5.91 Å². The number of carbonyl (C=O) groups excluding carboxylic acids is 1. The van der Waals surface area contributed by atoms with Crippen LogP contribution in [-0.4, -0.2) is 45.2 Å². The third-order valence-corrected chi connectivity index (χ3v) is 4.57. The Morgan fingerprint density at radius 3 is 2.50 bits per heavy atom. The molecule has 1 aromatic heterocycles. The lowest BCUT2D eigenvalue weighted by molar-refractivity contribution is -0.119. The van der Waals surface area contributed by atoms with Gasteiger partial charge in [-0.2, -0.15) is 0 Å². The first kappa shape index (κ1) is 18.9. The number of nitrogens with zero attached hydrogens (tertiary/aromatic N) is 4. The van der Waals surface area contributed by atoms with Gasteiger partial charge in [-0.3, -0.25) is 4.79 Å². The molecule has 1 aliphatic heterocycles. The molecule has 1 atom stereocenters. The van der Waals surface area contributed by atoms with Crippen molar-refractivity contribution in [1.29, 1.82) is 0 Å². The lowest BCUT2D eigenvalue weighted by Gasteiger charge is -2.22. The van der Waals surface area contributed by atoms with E-state index in [0.717, 1.165) is 56.6 Å². The number of fused-ring (bicyclic) bond motifs is 1. The Hall–Kier alpha value is -1.43. The van der Waals surface area contributed by atoms with Crippen molar-refractivity contribution in [1.82, 2.24) is 25.0 Å². The van der Waals surface area contributed by atoms with E-state index in [9.17, 15) is 4.79 Å². The Kier molecular flexibility index (Phi) is 6.78. The predicted octanol–water partition coefficient (Wildman–Crippen LogP) is 2.41. The lowest BCUT2D eigenvalue weighted by Crippen LogP contribution is -2.31. The van der Waals surface area contributed by atoms with Gasteiger partial charge >= 0.3 is 0 Å². The summed E-state index contributed by atoms with van der Waals surface area (Å²) in [7, 11) is 0. The molecule has 0 fully saturated rings. The minimum Gasteiger partial charge on any atom is -0.346 e. The second kappa shape index (κ2) is 8.60. The van der Waals surface area contributed by atoms with Crippen molar-refractivity contribution >= 4 is 5.91 Å². The summed E-state index contributed by atoms with van der Waals surface area (Å²) in [5.74, 6) is 3.18. The summed E-state index contributed by atoms with van der Waals surface area (Å²) in [4.78, 5) is 14.1. The highest BCUT2D eigenvalue weighted by molar-refractivity contribution is 5.73. The van der Waals surface area contributed by atoms with E-state index >= 15 is 0 Å². The molecule has 2 heterocycles. The molecule has 1 unspecified atom stereocenters. The quantitative estimate of drug-likeness (QED) is 0.831. The molecule has 0 saturated carbocycles. The normalized spacial score (nSPS) is 17.0. The molecule has 136 valence electrons. The molecule has 0 aromatic carbocycles. The Balaban J connectivity index is 2.10. The fraction of sp³-hybridized carbons (Fsp3) is 0.833. The van der Waals surface area contributed by atoms with Gasteiger partial charge in [-0.15, -0.1) is 10.2 Å². The zero-order chi connectivity index (χ0) is 17.7. The number of aromatic nitrogens is 3. The van der Waals surface area contributed by atoms with Crippen LogP contribution in [0.1, 0.15) is 65.2 Å². The molecular formula is C18H33N5O. The van der Waals surface area contributed by atoms with E-state index in [2.05, 4.69) is 52.7 Å². The van der Waals surface area contributed by atoms with Crippen LogP contribution in [0.3, 0.4) is 0 Å². The van der Waals surface area contributed by atoms with E-state index in [0.29, 0.717) is 5.92 Å². The van der Waals surface area contributed by atoms with Crippen LogP contribution in [0.2, 0.25) is 0 Å². The second-order valence-corrected chi connectivity index (χ2v) is 7.78. The number of hydrogen-bond acceptors (Lipinski definition) is 4. The standard InChI is InChI=1S/C18H33N5O/c1-13(2)6-8-22-9-7-17-20-21-18(23(17)11-10-22)16(12-14(3)4)19-15(5)24/h13-14,16H,6-12H2,1-5H3,(H,19,24). The van der Waals surface area contributed by atoms with Crippen molar-refractivity contribution in [2.45, 2.75) is 66.5 Å². The van der Waals surface area contributed by atoms with Gasteiger partial charge in [-0.05, 0) is 31.2 Å². The molecule has 1 aromatic rings. The van der Waals surface area contributed by atoms with Gasteiger partial charge in [0.05, 0.1) is 6.04 Å². The monoisotopic (exact) mass is 335 g/mol. The van der Waals surface area contributed by atoms with Gasteiger partial charge in [-0.1, -0.05) is 27.7 Å². The average Bonchev–Trinajstić information content (AvgIpc) is 2.77. The fourth-order valence-electron chi connectivity index (χ4n) is 3.26. The van der Waals surface area contributed by atoms with E-state index in [4.69, 9.17) is 0 Å². The van der Waals surface area contributed by atoms with Gasteiger partial charge in [-0.25, -0.2) is 0 Å². The fourth-order valence-corrected chi connectivity index (χ4v) is 3.26. The zero-order valence-corrected chi connectivity index (χ0v) is 15.9. The van der Waals surface area contributed by atoms with Crippen LogP contribution in [0, 0.1) is 11.8 Å². The second-order valence-electron chi connectivity index (χ2n) is 7.78. The summed E-state index contributed by atoms with van der Waals surface area (Å²) in [5.41, 5.74) is 0. The first-order valence-corrected chi connectivity index (χ1v) is 9.28. The summed E-state index contributed by atoms with van der Waals surface area (Å²) < 4.78 is 2.23. The molecule has 0 bridgehead atoms. The van der Waals surface area contributed by atoms with Gasteiger partial charge in [0, 0.05) is 33.0 Å². The summed E-state index contributed by atoms with van der Waals surface area (Å²) in [6.07, 6.45) is 3.05. The minimum atomic E-state index is -0.0500. The summed E-state index contributed by atoms with van der Waals surface area (Å²) >= 11 is 0. The van der Waals surface area contributed by atoms with Crippen molar-refractivity contribution in [3.8, 4) is 0 Å². The molecule has 0 aliphatic carbocycles. The molecular weight excluding hydrogens is 302 g/mol. The van der Waals surface area contributed by atoms with Crippen LogP contribution in [0.15, 0.2) is 0 Å². The molecule has 24 heavy (non-hydrogen) atoms. The van der Waals surface area contributed by atoms with E-state index in [1.807, 2.05) is 0 Å². The number of nitrogens with one attached hydrogen (secondary N) is 1. The average molecular weight is 335 g/mol. The molecule has 1 N–H and O–H groups in total. The topological polar surface area (TPSA) is 63.1 Å². The summed E-state index contributed by atoms with van der Waals surface area (Å²) in [5, 5.41) is 11.9. The van der Waals surface area contributed by atoms with Crippen molar-refractivity contribution in [3.63, 3.8) is 0 Å². The van der Waals surface area contributed by atoms with Crippen molar-refractivity contribution in [3.05, 3.63) is 11.6 Å². The van der Waals surface area contributed by atoms with Gasteiger partial charge < -0.3 is 14.8 Å². The molecule has 6 heteroatoms. The Morgan fingerprint density at radius 1 is 1.12 bits per heavy atom. The van der Waals surface area contributed by atoms with Crippen LogP contribution in [-0.2, 0) is 17.8 Å². The van der Waals surface area contributed by atoms with E-state index in [1.54, 1.807) is 6.92 Å². The first-order chi connectivity index (χ1) is 11.4. The van der Waals surface area contributed by atoms with E-state index < -0.39 is 0 Å². The van der Waals surface area contributed by atoms with Crippen molar-refractivity contribution in [2.24, 2.45) is 11.8 Å². The van der Waals surface area contributed by atoms with E-state index in [-0.39, 0.29) is 11.9 Å². The number of rotatable bonds is 7. The Bertz CT molecular complexity index is 538. The zero-order valence-electron chi connectivity index (χ0n) is 15.9. The third-order valence-electron chi connectivity index (χ3n) is 4.57. The van der Waals surface area contributed by atoms with Gasteiger partial charge in [0.15, 0.2) is 5.82 Å². The molecule has 1 amide bonds.